The van der Waals surface area contributed by atoms with Gasteiger partial charge in [0.2, 0.25) is 0 Å². The molecule has 15 heavy (non-hydrogen) atoms. The Labute approximate surface area is 108 Å². The van der Waals surface area contributed by atoms with Gasteiger partial charge in [-0.1, -0.05) is 15.9 Å². The zero-order valence-electron chi connectivity index (χ0n) is 7.50. The van der Waals surface area contributed by atoms with Gasteiger partial charge in [-0.05, 0) is 46.9 Å². The van der Waals surface area contributed by atoms with E-state index in [1.165, 1.54) is 6.07 Å². The van der Waals surface area contributed by atoms with Crippen molar-refractivity contribution in [2.75, 3.05) is 0 Å². The first-order valence-corrected chi connectivity index (χ1v) is 6.05. The fourth-order valence-electron chi connectivity index (χ4n) is 1.19. The lowest BCUT2D eigenvalue weighted by Gasteiger charge is -2.03. The molecule has 2 aromatic rings. The van der Waals surface area contributed by atoms with E-state index in [1.54, 1.807) is 6.07 Å². The fourth-order valence-corrected chi connectivity index (χ4v) is 2.16. The Morgan fingerprint density at radius 3 is 2.73 bits per heavy atom. The lowest BCUT2D eigenvalue weighted by atomic mass is 10.1. The van der Waals surface area contributed by atoms with Gasteiger partial charge in [0.15, 0.2) is 0 Å². The molecule has 1 heterocycles. The Balaban J connectivity index is 2.58. The van der Waals surface area contributed by atoms with Crippen molar-refractivity contribution in [1.29, 1.82) is 0 Å². The highest BCUT2D eigenvalue weighted by molar-refractivity contribution is 14.1. The van der Waals surface area contributed by atoms with E-state index in [2.05, 4.69) is 48.7 Å². The van der Waals surface area contributed by atoms with Crippen LogP contribution in [0.5, 0.6) is 0 Å². The van der Waals surface area contributed by atoms with E-state index < -0.39 is 0 Å². The van der Waals surface area contributed by atoms with Crippen LogP contribution in [-0.2, 0) is 0 Å². The maximum absolute atomic E-state index is 10.9. The molecule has 2 rings (SSSR count). The number of nitrogens with zero attached hydrogens (tertiary/aromatic N) is 1. The van der Waals surface area contributed by atoms with Crippen molar-refractivity contribution in [3.63, 3.8) is 0 Å². The second kappa shape index (κ2) is 4.44. The third-order valence-electron chi connectivity index (χ3n) is 1.88. The molecule has 0 saturated heterocycles. The van der Waals surface area contributed by atoms with Crippen LogP contribution in [-0.4, -0.2) is 10.2 Å². The van der Waals surface area contributed by atoms with Gasteiger partial charge < -0.3 is 0 Å². The van der Waals surface area contributed by atoms with Crippen LogP contribution in [0.4, 0.5) is 0 Å². The van der Waals surface area contributed by atoms with Crippen LogP contribution in [0.2, 0.25) is 0 Å². The molecule has 76 valence electrons. The molecule has 0 aliphatic rings. The summed E-state index contributed by atoms with van der Waals surface area (Å²) >= 11 is 5.64. The third kappa shape index (κ3) is 2.46. The summed E-state index contributed by atoms with van der Waals surface area (Å²) in [6, 6.07) is 9.12. The molecular weight excluding hydrogens is 371 g/mol. The molecule has 0 bridgehead atoms. The van der Waals surface area contributed by atoms with Gasteiger partial charge in [-0.15, -0.1) is 0 Å². The van der Waals surface area contributed by atoms with Gasteiger partial charge in [0.25, 0.3) is 5.56 Å². The van der Waals surface area contributed by atoms with Gasteiger partial charge in [0.1, 0.15) is 0 Å². The highest BCUT2D eigenvalue weighted by Crippen LogP contribution is 2.25. The molecule has 0 aliphatic carbocycles. The predicted octanol–water partition coefficient (Wildman–Crippen LogP) is 2.80. The Morgan fingerprint density at radius 2 is 2.07 bits per heavy atom. The maximum Gasteiger partial charge on any atom is 0.264 e. The minimum Gasteiger partial charge on any atom is -0.268 e. The summed E-state index contributed by atoms with van der Waals surface area (Å²) in [4.78, 5) is 10.9. The standard InChI is InChI=1S/C10H6BrIN2O/c11-6-1-2-8(12)7(5-6)9-3-4-10(15)14-13-9/h1-5H,(H,14,15). The molecule has 0 aliphatic heterocycles. The maximum atomic E-state index is 10.9. The van der Waals surface area contributed by atoms with Gasteiger partial charge in [-0.2, -0.15) is 5.10 Å². The average Bonchev–Trinajstić information content (AvgIpc) is 2.23. The van der Waals surface area contributed by atoms with Crippen LogP contribution in [0.15, 0.2) is 39.6 Å². The predicted molar refractivity (Wildman–Crippen MR) is 70.7 cm³/mol. The van der Waals surface area contributed by atoms with E-state index in [0.29, 0.717) is 0 Å². The van der Waals surface area contributed by atoms with Crippen LogP contribution in [0.3, 0.4) is 0 Å². The Kier molecular flexibility index (Phi) is 3.20. The first-order valence-electron chi connectivity index (χ1n) is 4.18. The van der Waals surface area contributed by atoms with Gasteiger partial charge in [-0.25, -0.2) is 5.10 Å². The van der Waals surface area contributed by atoms with Crippen LogP contribution in [0.25, 0.3) is 11.3 Å². The summed E-state index contributed by atoms with van der Waals surface area (Å²) in [6.45, 7) is 0. The zero-order chi connectivity index (χ0) is 10.8. The van der Waals surface area contributed by atoms with Crippen molar-refractivity contribution in [2.45, 2.75) is 0 Å². The number of benzene rings is 1. The molecule has 0 atom stereocenters. The molecule has 1 N–H and O–H groups in total. The van der Waals surface area contributed by atoms with Crippen LogP contribution >= 0.6 is 38.5 Å². The Morgan fingerprint density at radius 1 is 1.27 bits per heavy atom. The lowest BCUT2D eigenvalue weighted by Crippen LogP contribution is -2.05. The van der Waals surface area contributed by atoms with Gasteiger partial charge in [0, 0.05) is 19.7 Å². The monoisotopic (exact) mass is 376 g/mol. The number of rotatable bonds is 1. The second-order valence-electron chi connectivity index (χ2n) is 2.93. The summed E-state index contributed by atoms with van der Waals surface area (Å²) < 4.78 is 2.08. The van der Waals surface area contributed by atoms with Crippen molar-refractivity contribution in [3.8, 4) is 11.3 Å². The highest BCUT2D eigenvalue weighted by Gasteiger charge is 2.04. The van der Waals surface area contributed by atoms with E-state index in [0.717, 1.165) is 19.3 Å². The number of aromatic amines is 1. The van der Waals surface area contributed by atoms with Crippen molar-refractivity contribution in [3.05, 3.63) is 48.7 Å². The number of aromatic nitrogens is 2. The van der Waals surface area contributed by atoms with Crippen molar-refractivity contribution < 1.29 is 0 Å². The summed E-state index contributed by atoms with van der Waals surface area (Å²) in [6.07, 6.45) is 0. The van der Waals surface area contributed by atoms with Crippen molar-refractivity contribution in [2.24, 2.45) is 0 Å². The molecule has 1 aromatic heterocycles. The molecule has 0 unspecified atom stereocenters. The normalized spacial score (nSPS) is 10.3. The quantitative estimate of drug-likeness (QED) is 0.778. The first kappa shape index (κ1) is 10.8. The number of hydrogen-bond acceptors (Lipinski definition) is 2. The molecule has 1 aromatic carbocycles. The molecule has 0 amide bonds. The number of halogens is 2. The topological polar surface area (TPSA) is 45.8 Å². The number of H-pyrrole nitrogens is 1. The smallest absolute Gasteiger partial charge is 0.264 e. The van der Waals surface area contributed by atoms with Crippen LogP contribution in [0.1, 0.15) is 0 Å². The Hall–Kier alpha value is -0.690. The lowest BCUT2D eigenvalue weighted by molar-refractivity contribution is 0.994. The number of hydrogen-bond donors (Lipinski definition) is 1. The molecule has 5 heteroatoms. The van der Waals surface area contributed by atoms with Crippen LogP contribution in [0, 0.1) is 3.57 Å². The molecule has 0 saturated carbocycles. The van der Waals surface area contributed by atoms with E-state index in [4.69, 9.17) is 0 Å². The zero-order valence-corrected chi connectivity index (χ0v) is 11.2. The van der Waals surface area contributed by atoms with Crippen molar-refractivity contribution >= 4 is 38.5 Å². The average molecular weight is 377 g/mol. The van der Waals surface area contributed by atoms with E-state index in [1.807, 2.05) is 18.2 Å². The molecule has 0 radical (unpaired) electrons. The van der Waals surface area contributed by atoms with E-state index in [9.17, 15) is 4.79 Å². The molecule has 3 nitrogen and oxygen atoms in total. The van der Waals surface area contributed by atoms with Gasteiger partial charge >= 0.3 is 0 Å². The molecule has 0 fully saturated rings. The Bertz CT molecular complexity index is 533. The molecular formula is C10H6BrIN2O. The summed E-state index contributed by atoms with van der Waals surface area (Å²) in [5.74, 6) is 0. The minimum atomic E-state index is -0.191. The SMILES string of the molecule is O=c1ccc(-c2cc(Br)ccc2I)n[nH]1. The van der Waals surface area contributed by atoms with Gasteiger partial charge in [0.05, 0.1) is 5.69 Å². The van der Waals surface area contributed by atoms with Crippen LogP contribution < -0.4 is 5.56 Å². The highest BCUT2D eigenvalue weighted by atomic mass is 127. The van der Waals surface area contributed by atoms with Gasteiger partial charge in [-0.3, -0.25) is 4.79 Å². The van der Waals surface area contributed by atoms with E-state index in [-0.39, 0.29) is 5.56 Å². The number of nitrogens with one attached hydrogen (secondary N) is 1. The molecule has 0 spiro atoms. The largest absolute Gasteiger partial charge is 0.268 e. The fraction of sp³-hybridized carbons (Fsp3) is 0. The summed E-state index contributed by atoms with van der Waals surface area (Å²) in [5.41, 5.74) is 1.57. The summed E-state index contributed by atoms with van der Waals surface area (Å²) in [5, 5.41) is 6.41. The summed E-state index contributed by atoms with van der Waals surface area (Å²) in [7, 11) is 0. The second-order valence-corrected chi connectivity index (χ2v) is 5.01. The third-order valence-corrected chi connectivity index (χ3v) is 3.32. The first-order chi connectivity index (χ1) is 7.16. The minimum absolute atomic E-state index is 0.191. The van der Waals surface area contributed by atoms with Crippen molar-refractivity contribution in [1.82, 2.24) is 10.2 Å². The van der Waals surface area contributed by atoms with E-state index >= 15 is 0 Å².